The quantitative estimate of drug-likeness (QED) is 0.452. The van der Waals surface area contributed by atoms with Crippen molar-refractivity contribution in [3.8, 4) is 5.69 Å². The molecule has 23 heavy (non-hydrogen) atoms. The first kappa shape index (κ1) is 18.3. The molecule has 0 N–H and O–H groups in total. The normalized spacial score (nSPS) is 11.9. The average Bonchev–Trinajstić information content (AvgIpc) is 3.29. The molecule has 5 heteroatoms. The molecule has 0 radical (unpaired) electrons. The molecule has 0 atom stereocenters. The van der Waals surface area contributed by atoms with Crippen molar-refractivity contribution in [3.63, 3.8) is 0 Å². The zero-order valence-corrected chi connectivity index (χ0v) is 16.7. The van der Waals surface area contributed by atoms with E-state index in [4.69, 9.17) is 17.0 Å². The first-order valence-electron chi connectivity index (χ1n) is 7.10. The largest absolute Gasteiger partial charge is 0.260 e. The fraction of sp³-hybridized carbons (Fsp3) is 0.111. The van der Waals surface area contributed by atoms with Crippen molar-refractivity contribution in [2.24, 2.45) is 0 Å². The van der Waals surface area contributed by atoms with Gasteiger partial charge in [-0.15, -0.1) is 47.5 Å². The van der Waals surface area contributed by atoms with Gasteiger partial charge in [0.1, 0.15) is 0 Å². The molecule has 2 nitrogen and oxygen atoms in total. The second-order valence-electron chi connectivity index (χ2n) is 4.83. The van der Waals surface area contributed by atoms with E-state index in [1.54, 1.807) is 6.20 Å². The van der Waals surface area contributed by atoms with Crippen LogP contribution in [0.1, 0.15) is 13.3 Å². The van der Waals surface area contributed by atoms with E-state index in [9.17, 15) is 0 Å². The van der Waals surface area contributed by atoms with Crippen LogP contribution in [0, 0.1) is 6.08 Å². The zero-order chi connectivity index (χ0) is 16.5. The summed E-state index contributed by atoms with van der Waals surface area (Å²) in [5.41, 5.74) is 2.39. The maximum atomic E-state index is 4.93. The number of rotatable bonds is 1. The Labute approximate surface area is 155 Å². The number of nitrogens with zero attached hydrogens (tertiary/aromatic N) is 2. The summed E-state index contributed by atoms with van der Waals surface area (Å²) in [6.07, 6.45) is 12.1. The first-order valence-corrected chi connectivity index (χ1v) is 13.4. The standard InChI is InChI=1S/C12H9N2.C6H7.2ClH.Zr/c1-2-5-11-9-12(8-10(11)4-1)14-7-3-6-13-14;1-6-4-2-3-5-6;;;/h1-9H;2,4H,3H2,1H3;2*1H;/q2*-1;;;+4/p-2. The summed E-state index contributed by atoms with van der Waals surface area (Å²) < 4.78 is 1.88. The Morgan fingerprint density at radius 2 is 2.04 bits per heavy atom. The Balaban J connectivity index is 0.000000178. The van der Waals surface area contributed by atoms with Crippen LogP contribution in [-0.4, -0.2) is 9.78 Å². The SMILES string of the molecule is CC1=[C-]CC=C1.[Cl][Zr+2][Cl].c1ccc2[cH-]c(-n3cccn3)cc2c1. The van der Waals surface area contributed by atoms with Crippen molar-refractivity contribution >= 4 is 27.8 Å². The minimum Gasteiger partial charge on any atom is -0.260 e. The summed E-state index contributed by atoms with van der Waals surface area (Å²) in [6.45, 7) is 2.06. The number of halogens is 2. The number of hydrogen-bond acceptors (Lipinski definition) is 1. The molecule has 0 spiro atoms. The van der Waals surface area contributed by atoms with Crippen molar-refractivity contribution in [1.82, 2.24) is 9.78 Å². The minimum atomic E-state index is -0.826. The van der Waals surface area contributed by atoms with Gasteiger partial charge in [-0.05, 0) is 11.8 Å². The van der Waals surface area contributed by atoms with Gasteiger partial charge in [0.2, 0.25) is 0 Å². The number of benzene rings is 1. The van der Waals surface area contributed by atoms with Gasteiger partial charge < -0.3 is 0 Å². The molecule has 0 fully saturated rings. The second kappa shape index (κ2) is 9.97. The molecule has 2 aromatic carbocycles. The zero-order valence-electron chi connectivity index (χ0n) is 12.7. The van der Waals surface area contributed by atoms with Crippen LogP contribution >= 0.6 is 17.0 Å². The van der Waals surface area contributed by atoms with Crippen LogP contribution < -0.4 is 0 Å². The van der Waals surface area contributed by atoms with Crippen molar-refractivity contribution in [3.05, 3.63) is 78.7 Å². The summed E-state index contributed by atoms with van der Waals surface area (Å²) in [4.78, 5) is 0. The third-order valence-electron chi connectivity index (χ3n) is 3.24. The molecule has 1 aliphatic rings. The number of aromatic nitrogens is 2. The van der Waals surface area contributed by atoms with Gasteiger partial charge in [-0.2, -0.15) is 11.2 Å². The maximum Gasteiger partial charge on any atom is 0.0493 e. The molecule has 0 amide bonds. The third kappa shape index (κ3) is 5.84. The number of hydrogen-bond donors (Lipinski definition) is 0. The summed E-state index contributed by atoms with van der Waals surface area (Å²) >= 11 is -0.826. The predicted octanol–water partition coefficient (Wildman–Crippen LogP) is 5.82. The van der Waals surface area contributed by atoms with E-state index in [2.05, 4.69) is 66.6 Å². The van der Waals surface area contributed by atoms with Crippen LogP contribution in [0.4, 0.5) is 0 Å². The van der Waals surface area contributed by atoms with Crippen LogP contribution in [0.2, 0.25) is 0 Å². The molecule has 0 bridgehead atoms. The van der Waals surface area contributed by atoms with Crippen LogP contribution in [0.15, 0.2) is 72.6 Å². The van der Waals surface area contributed by atoms with Gasteiger partial charge >= 0.3 is 37.9 Å². The van der Waals surface area contributed by atoms with Crippen molar-refractivity contribution in [2.45, 2.75) is 13.3 Å². The molecule has 0 unspecified atom stereocenters. The van der Waals surface area contributed by atoms with E-state index in [0.29, 0.717) is 0 Å². The van der Waals surface area contributed by atoms with Crippen molar-refractivity contribution < 1.29 is 20.8 Å². The molecular formula is C18H16Cl2N2Zr. The third-order valence-corrected chi connectivity index (χ3v) is 3.24. The van der Waals surface area contributed by atoms with E-state index in [1.165, 1.54) is 16.3 Å². The fourth-order valence-electron chi connectivity index (χ4n) is 2.20. The minimum absolute atomic E-state index is 0.826. The summed E-state index contributed by atoms with van der Waals surface area (Å²) in [6, 6.07) is 14.5. The smallest absolute Gasteiger partial charge is 0.0493 e. The fourth-order valence-corrected chi connectivity index (χ4v) is 2.20. The van der Waals surface area contributed by atoms with Gasteiger partial charge in [-0.25, -0.2) is 11.6 Å². The van der Waals surface area contributed by atoms with Gasteiger partial charge in [-0.1, -0.05) is 13.0 Å². The number of fused-ring (bicyclic) bond motifs is 1. The van der Waals surface area contributed by atoms with E-state index in [-0.39, 0.29) is 0 Å². The Kier molecular flexibility index (Phi) is 7.95. The molecule has 1 aromatic heterocycles. The van der Waals surface area contributed by atoms with Gasteiger partial charge in [0, 0.05) is 12.4 Å². The monoisotopic (exact) mass is 420 g/mol. The van der Waals surface area contributed by atoms with Crippen molar-refractivity contribution in [1.29, 1.82) is 0 Å². The van der Waals surface area contributed by atoms with Crippen LogP contribution in [0.5, 0.6) is 0 Å². The Hall–Kier alpha value is -1.02. The second-order valence-corrected chi connectivity index (χ2v) is 8.56. The molecule has 3 aromatic rings. The maximum absolute atomic E-state index is 4.93. The molecule has 1 aliphatic carbocycles. The van der Waals surface area contributed by atoms with Crippen LogP contribution in [0.25, 0.3) is 16.5 Å². The predicted molar refractivity (Wildman–Crippen MR) is 94.6 cm³/mol. The summed E-state index contributed by atoms with van der Waals surface area (Å²) in [7, 11) is 9.87. The van der Waals surface area contributed by atoms with Crippen LogP contribution in [0.3, 0.4) is 0 Å². The first-order chi connectivity index (χ1) is 11.2. The Morgan fingerprint density at radius 1 is 1.26 bits per heavy atom. The molecule has 0 aliphatic heterocycles. The average molecular weight is 422 g/mol. The van der Waals surface area contributed by atoms with Gasteiger partial charge in [-0.3, -0.25) is 10.8 Å². The van der Waals surface area contributed by atoms with Crippen molar-refractivity contribution in [2.75, 3.05) is 0 Å². The van der Waals surface area contributed by atoms with Crippen LogP contribution in [-0.2, 0) is 20.8 Å². The summed E-state index contributed by atoms with van der Waals surface area (Å²) in [5.74, 6) is 0. The van der Waals surface area contributed by atoms with Gasteiger partial charge in [0.05, 0.1) is 0 Å². The Bertz CT molecular complexity index is 738. The van der Waals surface area contributed by atoms with Gasteiger partial charge in [0.15, 0.2) is 0 Å². The van der Waals surface area contributed by atoms with E-state index in [1.807, 2.05) is 16.9 Å². The molecule has 1 heterocycles. The number of allylic oxidation sites excluding steroid dienone is 4. The van der Waals surface area contributed by atoms with E-state index >= 15 is 0 Å². The molecular weight excluding hydrogens is 406 g/mol. The van der Waals surface area contributed by atoms with E-state index in [0.717, 1.165) is 12.1 Å². The molecule has 4 rings (SSSR count). The van der Waals surface area contributed by atoms with Gasteiger partial charge in [0.25, 0.3) is 0 Å². The Morgan fingerprint density at radius 3 is 2.57 bits per heavy atom. The topological polar surface area (TPSA) is 17.8 Å². The molecule has 116 valence electrons. The van der Waals surface area contributed by atoms with E-state index < -0.39 is 20.8 Å². The molecule has 0 saturated heterocycles. The molecule has 0 saturated carbocycles. The summed E-state index contributed by atoms with van der Waals surface area (Å²) in [5, 5.41) is 6.72.